The first kappa shape index (κ1) is 15.6. The van der Waals surface area contributed by atoms with Crippen molar-refractivity contribution in [1.82, 2.24) is 5.32 Å². The average Bonchev–Trinajstić information content (AvgIpc) is 2.11. The van der Waals surface area contributed by atoms with E-state index in [1.165, 1.54) is 0 Å². The van der Waals surface area contributed by atoms with E-state index in [4.69, 9.17) is 10.1 Å². The third-order valence-electron chi connectivity index (χ3n) is 1.88. The maximum atomic E-state index is 11.5. The third kappa shape index (κ3) is 7.49. The van der Waals surface area contributed by atoms with Gasteiger partial charge in [-0.3, -0.25) is 4.79 Å². The minimum atomic E-state index is -0.678. The van der Waals surface area contributed by atoms with Gasteiger partial charge in [0.05, 0.1) is 12.3 Å². The van der Waals surface area contributed by atoms with E-state index in [1.807, 2.05) is 13.8 Å². The number of ether oxygens (including phenoxy) is 1. The van der Waals surface area contributed by atoms with Crippen LogP contribution < -0.4 is 5.32 Å². The largest absolute Gasteiger partial charge is 0.444 e. The van der Waals surface area contributed by atoms with E-state index in [0.29, 0.717) is 6.42 Å². The summed E-state index contributed by atoms with van der Waals surface area (Å²) in [5.74, 6) is -0.164. The van der Waals surface area contributed by atoms with E-state index in [-0.39, 0.29) is 5.92 Å². The van der Waals surface area contributed by atoms with Gasteiger partial charge in [-0.2, -0.15) is 0 Å². The zero-order chi connectivity index (χ0) is 13.6. The zero-order valence-corrected chi connectivity index (χ0v) is 11.2. The first-order valence-electron chi connectivity index (χ1n) is 5.69. The van der Waals surface area contributed by atoms with Gasteiger partial charge in [0.15, 0.2) is 5.78 Å². The lowest BCUT2D eigenvalue weighted by Crippen LogP contribution is -2.44. The molecule has 1 atom stereocenters. The van der Waals surface area contributed by atoms with Crippen molar-refractivity contribution >= 4 is 18.1 Å². The van der Waals surface area contributed by atoms with Gasteiger partial charge in [0.25, 0.3) is 0 Å². The lowest BCUT2D eigenvalue weighted by molar-refractivity contribution is -0.114. The Morgan fingerprint density at radius 1 is 1.35 bits per heavy atom. The van der Waals surface area contributed by atoms with Gasteiger partial charge in [-0.15, -0.1) is 0 Å². The van der Waals surface area contributed by atoms with Gasteiger partial charge in [0, 0.05) is 0 Å². The summed E-state index contributed by atoms with van der Waals surface area (Å²) in [6, 6.07) is -0.678. The van der Waals surface area contributed by atoms with Gasteiger partial charge >= 0.3 is 6.09 Å². The summed E-state index contributed by atoms with van der Waals surface area (Å²) in [4.78, 5) is 22.9. The van der Waals surface area contributed by atoms with E-state index in [9.17, 15) is 9.59 Å². The number of alkyl carbamates (subject to hydrolysis) is 1. The van der Waals surface area contributed by atoms with Gasteiger partial charge in [-0.05, 0) is 33.1 Å². The van der Waals surface area contributed by atoms with E-state index < -0.39 is 23.5 Å². The van der Waals surface area contributed by atoms with E-state index >= 15 is 0 Å². The summed E-state index contributed by atoms with van der Waals surface area (Å²) in [6.07, 6.45) is 0.594. The van der Waals surface area contributed by atoms with Crippen molar-refractivity contribution in [2.24, 2.45) is 5.92 Å². The van der Waals surface area contributed by atoms with Crippen LogP contribution in [0.25, 0.3) is 0 Å². The summed E-state index contributed by atoms with van der Waals surface area (Å²) in [5.41, 5.74) is -0.597. The second-order valence-electron chi connectivity index (χ2n) is 5.38. The Hall–Kier alpha value is -1.39. The molecule has 5 heteroatoms. The average molecular weight is 242 g/mol. The first-order valence-corrected chi connectivity index (χ1v) is 5.69. The lowest BCUT2D eigenvalue weighted by Gasteiger charge is -2.23. The van der Waals surface area contributed by atoms with E-state index in [0.717, 1.165) is 6.21 Å². The van der Waals surface area contributed by atoms with Crippen molar-refractivity contribution in [2.45, 2.75) is 52.7 Å². The number of hydrogen-bond acceptors (Lipinski definition) is 4. The molecule has 0 rings (SSSR count). The number of nitrogens with one attached hydrogen (secondary N) is 2. The van der Waals surface area contributed by atoms with Crippen molar-refractivity contribution in [3.05, 3.63) is 0 Å². The van der Waals surface area contributed by atoms with Crippen molar-refractivity contribution in [3.8, 4) is 0 Å². The van der Waals surface area contributed by atoms with Crippen LogP contribution in [0, 0.1) is 11.3 Å². The summed E-state index contributed by atoms with van der Waals surface area (Å²) >= 11 is 0. The van der Waals surface area contributed by atoms with Crippen molar-refractivity contribution < 1.29 is 14.3 Å². The molecule has 5 nitrogen and oxygen atoms in total. The van der Waals surface area contributed by atoms with Gasteiger partial charge in [0.1, 0.15) is 5.60 Å². The molecule has 17 heavy (non-hydrogen) atoms. The van der Waals surface area contributed by atoms with Crippen LogP contribution in [0.1, 0.15) is 41.0 Å². The molecule has 0 aliphatic rings. The predicted octanol–water partition coefficient (Wildman–Crippen LogP) is 2.14. The molecule has 0 bridgehead atoms. The molecule has 0 heterocycles. The van der Waals surface area contributed by atoms with Crippen LogP contribution >= 0.6 is 0 Å². The highest BCUT2D eigenvalue weighted by Crippen LogP contribution is 2.09. The fourth-order valence-electron chi connectivity index (χ4n) is 1.27. The molecule has 0 aliphatic heterocycles. The predicted molar refractivity (Wildman–Crippen MR) is 66.4 cm³/mol. The molecule has 1 amide bonds. The minimum Gasteiger partial charge on any atom is -0.444 e. The molecular weight excluding hydrogens is 220 g/mol. The third-order valence-corrected chi connectivity index (χ3v) is 1.88. The summed E-state index contributed by atoms with van der Waals surface area (Å²) < 4.78 is 5.07. The van der Waals surface area contributed by atoms with Gasteiger partial charge in [-0.25, -0.2) is 4.79 Å². The Bertz CT molecular complexity index is 293. The Kier molecular flexibility index (Phi) is 5.85. The molecule has 0 saturated carbocycles. The standard InChI is InChI=1S/C12H22N2O3/c1-8(2)6-9(10(15)7-13)14-11(16)17-12(3,4)5/h7-9,13H,6H2,1-5H3,(H,14,16)/t9-/m0/s1. The monoisotopic (exact) mass is 242 g/mol. The number of amides is 1. The zero-order valence-electron chi connectivity index (χ0n) is 11.2. The van der Waals surface area contributed by atoms with E-state index in [1.54, 1.807) is 20.8 Å². The number of carbonyl (C=O) groups excluding carboxylic acids is 2. The molecule has 0 unspecified atom stereocenters. The fraction of sp³-hybridized carbons (Fsp3) is 0.750. The molecule has 98 valence electrons. The Morgan fingerprint density at radius 3 is 2.24 bits per heavy atom. The molecule has 0 aromatic heterocycles. The Morgan fingerprint density at radius 2 is 1.88 bits per heavy atom. The number of ketones is 1. The minimum absolute atomic E-state index is 0.249. The molecule has 0 saturated heterocycles. The molecule has 0 aliphatic carbocycles. The van der Waals surface area contributed by atoms with Crippen molar-refractivity contribution in [1.29, 1.82) is 5.41 Å². The summed E-state index contributed by atoms with van der Waals surface area (Å²) in [7, 11) is 0. The SMILES string of the molecule is CC(C)C[C@H](NC(=O)OC(C)(C)C)C(=O)C=N. The molecule has 0 aromatic rings. The lowest BCUT2D eigenvalue weighted by atomic mass is 10.0. The van der Waals surface area contributed by atoms with Gasteiger partial charge < -0.3 is 15.5 Å². The molecule has 0 radical (unpaired) electrons. The van der Waals surface area contributed by atoms with Crippen LogP contribution in [-0.2, 0) is 9.53 Å². The molecule has 0 aromatic carbocycles. The molecule has 2 N–H and O–H groups in total. The Labute approximate surface area is 102 Å². The number of Topliss-reactive ketones (excluding diaryl/α,β-unsaturated/α-hetero) is 1. The summed E-state index contributed by atoms with van der Waals surface area (Å²) in [5, 5.41) is 9.43. The number of rotatable bonds is 5. The maximum absolute atomic E-state index is 11.5. The normalized spacial score (nSPS) is 13.1. The molecule has 0 spiro atoms. The number of carbonyl (C=O) groups is 2. The van der Waals surface area contributed by atoms with Crippen LogP contribution in [0.4, 0.5) is 4.79 Å². The Balaban J connectivity index is 4.48. The maximum Gasteiger partial charge on any atom is 0.408 e. The second-order valence-corrected chi connectivity index (χ2v) is 5.38. The second kappa shape index (κ2) is 6.37. The van der Waals surface area contributed by atoms with Crippen molar-refractivity contribution in [2.75, 3.05) is 0 Å². The van der Waals surface area contributed by atoms with Crippen LogP contribution in [0.3, 0.4) is 0 Å². The fourth-order valence-corrected chi connectivity index (χ4v) is 1.27. The van der Waals surface area contributed by atoms with Gasteiger partial charge in [0.2, 0.25) is 0 Å². The van der Waals surface area contributed by atoms with Crippen LogP contribution in [-0.4, -0.2) is 29.7 Å². The van der Waals surface area contributed by atoms with Crippen molar-refractivity contribution in [3.63, 3.8) is 0 Å². The quantitative estimate of drug-likeness (QED) is 0.725. The molecular formula is C12H22N2O3. The van der Waals surface area contributed by atoms with Crippen LogP contribution in [0.15, 0.2) is 0 Å². The topological polar surface area (TPSA) is 79.2 Å². The highest BCUT2D eigenvalue weighted by molar-refractivity contribution is 6.29. The first-order chi connectivity index (χ1) is 7.65. The van der Waals surface area contributed by atoms with Gasteiger partial charge in [-0.1, -0.05) is 13.8 Å². The highest BCUT2D eigenvalue weighted by atomic mass is 16.6. The van der Waals surface area contributed by atoms with E-state index in [2.05, 4.69) is 5.32 Å². The summed E-state index contributed by atoms with van der Waals surface area (Å²) in [6.45, 7) is 9.15. The smallest absolute Gasteiger partial charge is 0.408 e. The molecule has 0 fully saturated rings. The van der Waals surface area contributed by atoms with Crippen LogP contribution in [0.5, 0.6) is 0 Å². The highest BCUT2D eigenvalue weighted by Gasteiger charge is 2.23. The van der Waals surface area contributed by atoms with Crippen LogP contribution in [0.2, 0.25) is 0 Å². The number of hydrogen-bond donors (Lipinski definition) is 2.